The van der Waals surface area contributed by atoms with Crippen LogP contribution in [0.3, 0.4) is 0 Å². The summed E-state index contributed by atoms with van der Waals surface area (Å²) in [6.07, 6.45) is 3.36. The van der Waals surface area contributed by atoms with Crippen molar-refractivity contribution >= 4 is 5.91 Å². The van der Waals surface area contributed by atoms with Crippen molar-refractivity contribution in [2.24, 2.45) is 11.8 Å². The molecule has 0 bridgehead atoms. The molecule has 100 valence electrons. The molecule has 0 aromatic heterocycles. The molecule has 0 N–H and O–H groups in total. The van der Waals surface area contributed by atoms with Crippen molar-refractivity contribution in [3.8, 4) is 6.07 Å². The molecule has 0 radical (unpaired) electrons. The predicted octanol–water partition coefficient (Wildman–Crippen LogP) is 1.48. The number of hydrogen-bond donors (Lipinski definition) is 0. The number of carbonyl (C=O) groups is 1. The molecule has 1 saturated carbocycles. The third kappa shape index (κ3) is 2.84. The molecule has 2 fully saturated rings. The van der Waals surface area contributed by atoms with Crippen LogP contribution in [0.5, 0.6) is 0 Å². The maximum Gasteiger partial charge on any atom is 0.219 e. The summed E-state index contributed by atoms with van der Waals surface area (Å²) < 4.78 is 0. The molecule has 1 heterocycles. The Balaban J connectivity index is 1.95. The zero-order chi connectivity index (χ0) is 13.1. The number of nitrogens with zero attached hydrogens (tertiary/aromatic N) is 3. The first-order valence-corrected chi connectivity index (χ1v) is 7.01. The third-order valence-electron chi connectivity index (χ3n) is 4.47. The van der Waals surface area contributed by atoms with Gasteiger partial charge in [0.15, 0.2) is 0 Å². The van der Waals surface area contributed by atoms with E-state index in [1.54, 1.807) is 6.92 Å². The van der Waals surface area contributed by atoms with Crippen molar-refractivity contribution in [3.63, 3.8) is 0 Å². The molecule has 4 heteroatoms. The summed E-state index contributed by atoms with van der Waals surface area (Å²) in [5.41, 5.74) is 0. The smallest absolute Gasteiger partial charge is 0.219 e. The van der Waals surface area contributed by atoms with Gasteiger partial charge in [-0.3, -0.25) is 9.69 Å². The van der Waals surface area contributed by atoms with Gasteiger partial charge in [-0.15, -0.1) is 0 Å². The third-order valence-corrected chi connectivity index (χ3v) is 4.47. The molecule has 1 aliphatic heterocycles. The molecule has 0 aromatic carbocycles. The van der Waals surface area contributed by atoms with Crippen LogP contribution >= 0.6 is 0 Å². The minimum atomic E-state index is 0.170. The number of nitriles is 1. The molecule has 0 spiro atoms. The second-order valence-electron chi connectivity index (χ2n) is 5.76. The fourth-order valence-corrected chi connectivity index (χ4v) is 3.27. The Kier molecular flexibility index (Phi) is 4.23. The summed E-state index contributed by atoms with van der Waals surface area (Å²) in [4.78, 5) is 15.6. The van der Waals surface area contributed by atoms with Crippen LogP contribution < -0.4 is 0 Å². The number of hydrogen-bond acceptors (Lipinski definition) is 3. The Labute approximate surface area is 110 Å². The summed E-state index contributed by atoms with van der Waals surface area (Å²) in [6.45, 7) is 7.41. The van der Waals surface area contributed by atoms with E-state index in [0.29, 0.717) is 6.04 Å². The summed E-state index contributed by atoms with van der Waals surface area (Å²) in [5, 5.41) is 9.28. The summed E-state index contributed by atoms with van der Waals surface area (Å²) in [5.74, 6) is 1.08. The van der Waals surface area contributed by atoms with Crippen molar-refractivity contribution in [2.75, 3.05) is 26.2 Å². The fraction of sp³-hybridized carbons (Fsp3) is 0.857. The molecule has 1 saturated heterocycles. The van der Waals surface area contributed by atoms with Crippen LogP contribution in [-0.4, -0.2) is 47.9 Å². The normalized spacial score (nSPS) is 34.1. The Bertz CT molecular complexity index is 341. The van der Waals surface area contributed by atoms with E-state index in [9.17, 15) is 10.1 Å². The molecule has 0 aromatic rings. The Morgan fingerprint density at radius 3 is 2.44 bits per heavy atom. The van der Waals surface area contributed by atoms with Gasteiger partial charge >= 0.3 is 0 Å². The van der Waals surface area contributed by atoms with E-state index in [4.69, 9.17) is 0 Å². The molecular formula is C14H23N3O. The maximum absolute atomic E-state index is 11.3. The zero-order valence-electron chi connectivity index (χ0n) is 11.4. The van der Waals surface area contributed by atoms with Crippen LogP contribution in [0.4, 0.5) is 0 Å². The van der Waals surface area contributed by atoms with Crippen molar-refractivity contribution in [3.05, 3.63) is 0 Å². The van der Waals surface area contributed by atoms with Gasteiger partial charge in [0.05, 0.1) is 12.0 Å². The van der Waals surface area contributed by atoms with Crippen molar-refractivity contribution in [1.29, 1.82) is 5.26 Å². The van der Waals surface area contributed by atoms with E-state index in [0.717, 1.165) is 44.9 Å². The highest BCUT2D eigenvalue weighted by Crippen LogP contribution is 2.32. The lowest BCUT2D eigenvalue weighted by molar-refractivity contribution is -0.131. The quantitative estimate of drug-likeness (QED) is 0.707. The van der Waals surface area contributed by atoms with E-state index in [2.05, 4.69) is 17.9 Å². The van der Waals surface area contributed by atoms with Gasteiger partial charge < -0.3 is 4.90 Å². The molecule has 3 unspecified atom stereocenters. The molecule has 3 atom stereocenters. The first kappa shape index (κ1) is 13.4. The molecular weight excluding hydrogens is 226 g/mol. The second-order valence-corrected chi connectivity index (χ2v) is 5.76. The zero-order valence-corrected chi connectivity index (χ0v) is 11.4. The van der Waals surface area contributed by atoms with Gasteiger partial charge in [-0.25, -0.2) is 0 Å². The van der Waals surface area contributed by atoms with Crippen molar-refractivity contribution in [1.82, 2.24) is 9.80 Å². The van der Waals surface area contributed by atoms with Crippen LogP contribution in [0, 0.1) is 23.2 Å². The molecule has 1 aliphatic carbocycles. The van der Waals surface area contributed by atoms with E-state index < -0.39 is 0 Å². The van der Waals surface area contributed by atoms with Gasteiger partial charge in [-0.2, -0.15) is 5.26 Å². The standard InChI is InChI=1S/C14H23N3O/c1-11-3-4-13(10-15)14(9-11)17-7-5-16(6-8-17)12(2)18/h11,13-14H,3-9H2,1-2H3. The largest absolute Gasteiger partial charge is 0.340 e. The molecule has 2 rings (SSSR count). The molecule has 1 amide bonds. The lowest BCUT2D eigenvalue weighted by Gasteiger charge is -2.43. The van der Waals surface area contributed by atoms with Crippen LogP contribution in [-0.2, 0) is 4.79 Å². The Hall–Kier alpha value is -1.08. The van der Waals surface area contributed by atoms with Crippen LogP contribution in [0.1, 0.15) is 33.1 Å². The van der Waals surface area contributed by atoms with Crippen molar-refractivity contribution in [2.45, 2.75) is 39.2 Å². The van der Waals surface area contributed by atoms with Gasteiger partial charge in [0, 0.05) is 39.1 Å². The van der Waals surface area contributed by atoms with Crippen LogP contribution in [0.25, 0.3) is 0 Å². The van der Waals surface area contributed by atoms with E-state index in [1.165, 1.54) is 6.42 Å². The average molecular weight is 249 g/mol. The van der Waals surface area contributed by atoms with E-state index in [1.807, 2.05) is 4.90 Å². The number of piperazine rings is 1. The van der Waals surface area contributed by atoms with Gasteiger partial charge in [0.25, 0.3) is 0 Å². The lowest BCUT2D eigenvalue weighted by atomic mass is 9.79. The Morgan fingerprint density at radius 2 is 1.89 bits per heavy atom. The van der Waals surface area contributed by atoms with Crippen molar-refractivity contribution < 1.29 is 4.79 Å². The van der Waals surface area contributed by atoms with E-state index >= 15 is 0 Å². The fourth-order valence-electron chi connectivity index (χ4n) is 3.27. The van der Waals surface area contributed by atoms with Crippen LogP contribution in [0.2, 0.25) is 0 Å². The monoisotopic (exact) mass is 249 g/mol. The van der Waals surface area contributed by atoms with Gasteiger partial charge in [-0.1, -0.05) is 6.92 Å². The molecule has 4 nitrogen and oxygen atoms in total. The highest BCUT2D eigenvalue weighted by molar-refractivity contribution is 5.73. The summed E-state index contributed by atoms with van der Waals surface area (Å²) in [6, 6.07) is 2.89. The maximum atomic E-state index is 11.3. The average Bonchev–Trinajstić information content (AvgIpc) is 2.39. The predicted molar refractivity (Wildman–Crippen MR) is 69.7 cm³/mol. The van der Waals surface area contributed by atoms with Crippen LogP contribution in [0.15, 0.2) is 0 Å². The lowest BCUT2D eigenvalue weighted by Crippen LogP contribution is -2.54. The number of rotatable bonds is 1. The highest BCUT2D eigenvalue weighted by Gasteiger charge is 2.34. The van der Waals surface area contributed by atoms with Gasteiger partial charge in [-0.05, 0) is 25.2 Å². The minimum Gasteiger partial charge on any atom is -0.340 e. The topological polar surface area (TPSA) is 47.3 Å². The Morgan fingerprint density at radius 1 is 1.22 bits per heavy atom. The molecule has 18 heavy (non-hydrogen) atoms. The van der Waals surface area contributed by atoms with E-state index in [-0.39, 0.29) is 11.8 Å². The van der Waals surface area contributed by atoms with Gasteiger partial charge in [0.2, 0.25) is 5.91 Å². The first-order valence-electron chi connectivity index (χ1n) is 7.01. The SMILES string of the molecule is CC(=O)N1CCN(C2CC(C)CCC2C#N)CC1. The number of carbonyl (C=O) groups excluding carboxylic acids is 1. The number of amides is 1. The highest BCUT2D eigenvalue weighted by atomic mass is 16.2. The molecule has 2 aliphatic rings. The van der Waals surface area contributed by atoms with Gasteiger partial charge in [0.1, 0.15) is 0 Å². The summed E-state index contributed by atoms with van der Waals surface area (Å²) in [7, 11) is 0. The first-order chi connectivity index (χ1) is 8.61. The second kappa shape index (κ2) is 5.71. The minimum absolute atomic E-state index is 0.170. The summed E-state index contributed by atoms with van der Waals surface area (Å²) >= 11 is 0.